The van der Waals surface area contributed by atoms with Gasteiger partial charge in [-0.2, -0.15) is 0 Å². The summed E-state index contributed by atoms with van der Waals surface area (Å²) >= 11 is 0. The molecular formula is C28H40. The van der Waals surface area contributed by atoms with Crippen LogP contribution < -0.4 is 0 Å². The Hall–Kier alpha value is -2.08. The molecule has 0 N–H and O–H groups in total. The molecule has 3 rings (SSSR count). The fourth-order valence-corrected chi connectivity index (χ4v) is 3.10. The molecule has 0 heterocycles. The molecule has 1 fully saturated rings. The van der Waals surface area contributed by atoms with E-state index in [-0.39, 0.29) is 5.41 Å². The van der Waals surface area contributed by atoms with E-state index in [2.05, 4.69) is 90.2 Å². The van der Waals surface area contributed by atoms with Crippen LogP contribution in [0.3, 0.4) is 0 Å². The molecular weight excluding hydrogens is 336 g/mol. The second kappa shape index (κ2) is 10.5. The predicted octanol–water partition coefficient (Wildman–Crippen LogP) is 8.64. The van der Waals surface area contributed by atoms with Gasteiger partial charge < -0.3 is 0 Å². The van der Waals surface area contributed by atoms with Gasteiger partial charge in [-0.25, -0.2) is 0 Å². The summed E-state index contributed by atoms with van der Waals surface area (Å²) in [5.41, 5.74) is 9.73. The van der Waals surface area contributed by atoms with Crippen molar-refractivity contribution < 1.29 is 0 Å². The lowest BCUT2D eigenvalue weighted by molar-refractivity contribution is 0.590. The molecule has 0 aromatic heterocycles. The Labute approximate surface area is 174 Å². The van der Waals surface area contributed by atoms with Crippen molar-refractivity contribution in [3.8, 4) is 0 Å². The molecule has 0 amide bonds. The van der Waals surface area contributed by atoms with E-state index < -0.39 is 0 Å². The number of allylic oxidation sites excluding steroid dienone is 2. The zero-order chi connectivity index (χ0) is 21.5. The number of hydrogen-bond acceptors (Lipinski definition) is 0. The SMILES string of the molecule is C=C(C)c1ccc(C(C)(C)C)cc1.C=C1CC1c1ccc(C)c(CC)c1.CC. The Balaban J connectivity index is 0.000000257. The summed E-state index contributed by atoms with van der Waals surface area (Å²) in [7, 11) is 0. The van der Waals surface area contributed by atoms with Crippen molar-refractivity contribution in [3.63, 3.8) is 0 Å². The molecule has 0 bridgehead atoms. The lowest BCUT2D eigenvalue weighted by Crippen LogP contribution is -2.10. The lowest BCUT2D eigenvalue weighted by atomic mass is 9.86. The highest BCUT2D eigenvalue weighted by atomic mass is 14.3. The van der Waals surface area contributed by atoms with Crippen LogP contribution in [-0.4, -0.2) is 0 Å². The molecule has 1 aliphatic carbocycles. The predicted molar refractivity (Wildman–Crippen MR) is 128 cm³/mol. The van der Waals surface area contributed by atoms with E-state index in [1.807, 2.05) is 20.8 Å². The van der Waals surface area contributed by atoms with Gasteiger partial charge in [0.15, 0.2) is 0 Å². The van der Waals surface area contributed by atoms with Crippen LogP contribution in [0.15, 0.2) is 61.2 Å². The smallest absolute Gasteiger partial charge is 0.00832 e. The normalized spacial score (nSPS) is 15.0. The summed E-state index contributed by atoms with van der Waals surface area (Å²) in [6, 6.07) is 15.5. The van der Waals surface area contributed by atoms with Crippen LogP contribution in [0.4, 0.5) is 0 Å². The fourth-order valence-electron chi connectivity index (χ4n) is 3.10. The molecule has 152 valence electrons. The third-order valence-electron chi connectivity index (χ3n) is 5.20. The first kappa shape index (κ1) is 24.0. The zero-order valence-corrected chi connectivity index (χ0v) is 19.4. The van der Waals surface area contributed by atoms with Crippen LogP contribution >= 0.6 is 0 Å². The Kier molecular flexibility index (Phi) is 8.95. The largest absolute Gasteiger partial charge is 0.0992 e. The van der Waals surface area contributed by atoms with Gasteiger partial charge in [0.25, 0.3) is 0 Å². The Morgan fingerprint density at radius 2 is 1.57 bits per heavy atom. The van der Waals surface area contributed by atoms with Crippen molar-refractivity contribution in [2.45, 2.75) is 79.6 Å². The molecule has 2 aromatic carbocycles. The summed E-state index contributed by atoms with van der Waals surface area (Å²) in [5, 5.41) is 0. The standard InChI is InChI=1S/C13H16.C13H18.C2H6/c1-4-11-8-12(6-5-9(11)2)13-7-10(13)3;1-10(2)11-6-8-12(9-7-11)13(3,4)5;1-2/h5-6,8,13H,3-4,7H2,1-2H3;6-9H,1H2,2-5H3;1-2H3. The van der Waals surface area contributed by atoms with E-state index >= 15 is 0 Å². The molecule has 1 aliphatic rings. The van der Waals surface area contributed by atoms with Gasteiger partial charge >= 0.3 is 0 Å². The van der Waals surface area contributed by atoms with Crippen molar-refractivity contribution in [3.05, 3.63) is 89.0 Å². The number of aryl methyl sites for hydroxylation is 2. The molecule has 0 heteroatoms. The number of hydrogen-bond donors (Lipinski definition) is 0. The first-order valence-corrected chi connectivity index (χ1v) is 10.7. The molecule has 1 atom stereocenters. The number of benzene rings is 2. The van der Waals surface area contributed by atoms with Gasteiger partial charge in [-0.05, 0) is 59.9 Å². The van der Waals surface area contributed by atoms with Gasteiger partial charge in [0, 0.05) is 5.92 Å². The van der Waals surface area contributed by atoms with Gasteiger partial charge in [0.2, 0.25) is 0 Å². The molecule has 0 spiro atoms. The van der Waals surface area contributed by atoms with E-state index in [1.54, 1.807) is 0 Å². The molecule has 0 nitrogen and oxygen atoms in total. The Morgan fingerprint density at radius 1 is 1.04 bits per heavy atom. The van der Waals surface area contributed by atoms with Gasteiger partial charge in [-0.3, -0.25) is 0 Å². The van der Waals surface area contributed by atoms with E-state index in [0.717, 1.165) is 12.0 Å². The topological polar surface area (TPSA) is 0 Å². The van der Waals surface area contributed by atoms with Crippen LogP contribution in [-0.2, 0) is 11.8 Å². The van der Waals surface area contributed by atoms with Crippen LogP contribution in [0.2, 0.25) is 0 Å². The third kappa shape index (κ3) is 6.82. The van der Waals surface area contributed by atoms with Crippen molar-refractivity contribution >= 4 is 5.57 Å². The first-order valence-electron chi connectivity index (χ1n) is 10.7. The van der Waals surface area contributed by atoms with E-state index in [0.29, 0.717) is 5.92 Å². The third-order valence-corrected chi connectivity index (χ3v) is 5.20. The summed E-state index contributed by atoms with van der Waals surface area (Å²) in [4.78, 5) is 0. The minimum Gasteiger partial charge on any atom is -0.0992 e. The summed E-state index contributed by atoms with van der Waals surface area (Å²) in [5.74, 6) is 0.672. The van der Waals surface area contributed by atoms with Crippen molar-refractivity contribution in [1.29, 1.82) is 0 Å². The molecule has 2 aromatic rings. The quantitative estimate of drug-likeness (QED) is 0.470. The molecule has 0 aliphatic heterocycles. The van der Waals surface area contributed by atoms with Gasteiger partial charge in [0.1, 0.15) is 0 Å². The van der Waals surface area contributed by atoms with Crippen molar-refractivity contribution in [2.24, 2.45) is 0 Å². The molecule has 0 saturated heterocycles. The molecule has 0 radical (unpaired) electrons. The van der Waals surface area contributed by atoms with Crippen molar-refractivity contribution in [2.75, 3.05) is 0 Å². The molecule has 1 unspecified atom stereocenters. The fraction of sp³-hybridized carbons (Fsp3) is 0.429. The average Bonchev–Trinajstić information content (AvgIpc) is 3.40. The Bertz CT molecular complexity index is 782. The average molecular weight is 377 g/mol. The highest BCUT2D eigenvalue weighted by molar-refractivity contribution is 5.61. The van der Waals surface area contributed by atoms with E-state index in [9.17, 15) is 0 Å². The van der Waals surface area contributed by atoms with Crippen LogP contribution in [0.5, 0.6) is 0 Å². The highest BCUT2D eigenvalue weighted by Crippen LogP contribution is 2.45. The lowest BCUT2D eigenvalue weighted by Gasteiger charge is -2.19. The van der Waals surface area contributed by atoms with E-state index in [1.165, 1.54) is 39.8 Å². The van der Waals surface area contributed by atoms with E-state index in [4.69, 9.17) is 0 Å². The first-order chi connectivity index (χ1) is 13.1. The maximum Gasteiger partial charge on any atom is 0.00832 e. The molecule has 1 saturated carbocycles. The van der Waals surface area contributed by atoms with Crippen LogP contribution in [0, 0.1) is 6.92 Å². The summed E-state index contributed by atoms with van der Waals surface area (Å²) < 4.78 is 0. The van der Waals surface area contributed by atoms with Gasteiger partial charge in [-0.15, -0.1) is 0 Å². The second-order valence-corrected chi connectivity index (χ2v) is 8.56. The summed E-state index contributed by atoms with van der Waals surface area (Å²) in [6.45, 7) is 25.0. The monoisotopic (exact) mass is 376 g/mol. The minimum atomic E-state index is 0.244. The van der Waals surface area contributed by atoms with Gasteiger partial charge in [-0.1, -0.05) is 108 Å². The maximum atomic E-state index is 4.00. The second-order valence-electron chi connectivity index (χ2n) is 8.56. The highest BCUT2D eigenvalue weighted by Gasteiger charge is 2.28. The zero-order valence-electron chi connectivity index (χ0n) is 19.4. The van der Waals surface area contributed by atoms with Crippen molar-refractivity contribution in [1.82, 2.24) is 0 Å². The minimum absolute atomic E-state index is 0.244. The summed E-state index contributed by atoms with van der Waals surface area (Å²) in [6.07, 6.45) is 2.34. The molecule has 28 heavy (non-hydrogen) atoms. The van der Waals surface area contributed by atoms with Crippen LogP contribution in [0.25, 0.3) is 5.57 Å². The maximum absolute atomic E-state index is 4.00. The Morgan fingerprint density at radius 3 is 1.96 bits per heavy atom. The van der Waals surface area contributed by atoms with Crippen LogP contribution in [0.1, 0.15) is 88.6 Å². The number of rotatable bonds is 3. The van der Waals surface area contributed by atoms with Gasteiger partial charge in [0.05, 0.1) is 0 Å².